The predicted octanol–water partition coefficient (Wildman–Crippen LogP) is 3.51. The summed E-state index contributed by atoms with van der Waals surface area (Å²) in [4.78, 5) is 24.5. The molecule has 2 rings (SSSR count). The Hall–Kier alpha value is -0.910. The summed E-state index contributed by atoms with van der Waals surface area (Å²) in [5.41, 5.74) is -0.107. The van der Waals surface area contributed by atoms with Crippen LogP contribution in [0.2, 0.25) is 0 Å². The number of ether oxygens (including phenoxy) is 1. The Balaban J connectivity index is 2.44. The zero-order valence-electron chi connectivity index (χ0n) is 11.3. The van der Waals surface area contributed by atoms with Crippen molar-refractivity contribution in [3.63, 3.8) is 0 Å². The van der Waals surface area contributed by atoms with Crippen LogP contribution < -0.4 is 0 Å². The van der Waals surface area contributed by atoms with E-state index >= 15 is 0 Å². The van der Waals surface area contributed by atoms with Crippen molar-refractivity contribution in [3.05, 3.63) is 33.4 Å². The number of Topliss-reactive ketones (excluding diaryl/α,β-unsaturated/α-hetero) is 1. The second kappa shape index (κ2) is 5.23. The molecular formula is C15H17IO3. The van der Waals surface area contributed by atoms with Crippen LogP contribution in [0.15, 0.2) is 24.3 Å². The highest BCUT2D eigenvalue weighted by atomic mass is 127. The van der Waals surface area contributed by atoms with E-state index in [1.54, 1.807) is 13.8 Å². The number of hydrogen-bond acceptors (Lipinski definition) is 3. The van der Waals surface area contributed by atoms with Crippen LogP contribution in [-0.2, 0) is 14.3 Å². The van der Waals surface area contributed by atoms with Gasteiger partial charge in [-0.15, -0.1) is 0 Å². The van der Waals surface area contributed by atoms with Gasteiger partial charge in [0.05, 0.1) is 5.92 Å². The van der Waals surface area contributed by atoms with Gasteiger partial charge in [0, 0.05) is 9.13 Å². The van der Waals surface area contributed by atoms with E-state index in [2.05, 4.69) is 22.6 Å². The summed E-state index contributed by atoms with van der Waals surface area (Å²) < 4.78 is 6.60. The number of benzene rings is 1. The minimum absolute atomic E-state index is 0.0177. The van der Waals surface area contributed by atoms with Crippen LogP contribution >= 0.6 is 22.6 Å². The number of carbonyl (C=O) groups is 2. The lowest BCUT2D eigenvalue weighted by Gasteiger charge is -2.38. The van der Waals surface area contributed by atoms with Gasteiger partial charge in [0.15, 0.2) is 5.78 Å². The van der Waals surface area contributed by atoms with Crippen LogP contribution in [0.25, 0.3) is 0 Å². The standard InChI is InChI=1S/C15H17IO3/c1-4-9-12(10-7-5-6-8-11(10)16)19-14(18)15(2,3)13(9)17/h5-9,12H,4H2,1-3H3. The largest absolute Gasteiger partial charge is 0.456 e. The second-order valence-electron chi connectivity index (χ2n) is 5.35. The first kappa shape index (κ1) is 14.5. The van der Waals surface area contributed by atoms with Crippen molar-refractivity contribution in [3.8, 4) is 0 Å². The van der Waals surface area contributed by atoms with Gasteiger partial charge in [-0.1, -0.05) is 25.1 Å². The van der Waals surface area contributed by atoms with Crippen LogP contribution in [-0.4, -0.2) is 11.8 Å². The van der Waals surface area contributed by atoms with E-state index in [0.29, 0.717) is 6.42 Å². The minimum atomic E-state index is -1.03. The first-order valence-corrected chi connectivity index (χ1v) is 7.47. The molecule has 3 nitrogen and oxygen atoms in total. The molecule has 1 saturated heterocycles. The highest BCUT2D eigenvalue weighted by Gasteiger charge is 2.50. The average molecular weight is 372 g/mol. The maximum atomic E-state index is 12.5. The molecule has 0 saturated carbocycles. The zero-order chi connectivity index (χ0) is 14.2. The fourth-order valence-corrected chi connectivity index (χ4v) is 3.13. The molecule has 102 valence electrons. The summed E-state index contributed by atoms with van der Waals surface area (Å²) in [6, 6.07) is 7.72. The van der Waals surface area contributed by atoms with Crippen LogP contribution in [0.3, 0.4) is 0 Å². The Morgan fingerprint density at radius 1 is 1.26 bits per heavy atom. The van der Waals surface area contributed by atoms with E-state index < -0.39 is 17.5 Å². The van der Waals surface area contributed by atoms with Gasteiger partial charge in [0.2, 0.25) is 0 Å². The number of rotatable bonds is 2. The molecule has 0 amide bonds. The molecule has 0 spiro atoms. The normalized spacial score (nSPS) is 26.1. The van der Waals surface area contributed by atoms with E-state index in [9.17, 15) is 9.59 Å². The lowest BCUT2D eigenvalue weighted by Crippen LogP contribution is -2.47. The summed E-state index contributed by atoms with van der Waals surface area (Å²) in [5.74, 6) is -0.702. The van der Waals surface area contributed by atoms with Crippen molar-refractivity contribution in [2.75, 3.05) is 0 Å². The van der Waals surface area contributed by atoms with Crippen molar-refractivity contribution in [1.29, 1.82) is 0 Å². The number of ketones is 1. The van der Waals surface area contributed by atoms with E-state index in [1.165, 1.54) is 0 Å². The molecule has 0 bridgehead atoms. The topological polar surface area (TPSA) is 43.4 Å². The molecule has 1 aromatic carbocycles. The smallest absolute Gasteiger partial charge is 0.319 e. The van der Waals surface area contributed by atoms with Crippen molar-refractivity contribution in [1.82, 2.24) is 0 Å². The van der Waals surface area contributed by atoms with Crippen LogP contribution in [0.5, 0.6) is 0 Å². The third-order valence-corrected chi connectivity index (χ3v) is 4.70. The average Bonchev–Trinajstić information content (AvgIpc) is 2.37. The fraction of sp³-hybridized carbons (Fsp3) is 0.467. The number of cyclic esters (lactones) is 1. The Labute approximate surface area is 126 Å². The third kappa shape index (κ3) is 2.42. The summed E-state index contributed by atoms with van der Waals surface area (Å²) in [6.07, 6.45) is 0.219. The molecule has 19 heavy (non-hydrogen) atoms. The molecule has 0 aliphatic carbocycles. The van der Waals surface area contributed by atoms with Gasteiger partial charge in [-0.3, -0.25) is 9.59 Å². The molecule has 2 unspecified atom stereocenters. The van der Waals surface area contributed by atoms with Gasteiger partial charge in [0.1, 0.15) is 11.5 Å². The van der Waals surface area contributed by atoms with E-state index in [0.717, 1.165) is 9.13 Å². The van der Waals surface area contributed by atoms with Crippen molar-refractivity contribution in [2.24, 2.45) is 11.3 Å². The van der Waals surface area contributed by atoms with Gasteiger partial charge in [-0.25, -0.2) is 0 Å². The molecule has 1 heterocycles. The number of esters is 1. The third-order valence-electron chi connectivity index (χ3n) is 3.71. The summed E-state index contributed by atoms with van der Waals surface area (Å²) in [6.45, 7) is 5.25. The molecular weight excluding hydrogens is 355 g/mol. The molecule has 1 aliphatic heterocycles. The molecule has 2 atom stereocenters. The fourth-order valence-electron chi connectivity index (χ4n) is 2.43. The van der Waals surface area contributed by atoms with Crippen LogP contribution in [0.1, 0.15) is 38.9 Å². The van der Waals surface area contributed by atoms with Gasteiger partial charge in [-0.2, -0.15) is 0 Å². The first-order valence-electron chi connectivity index (χ1n) is 6.39. The summed E-state index contributed by atoms with van der Waals surface area (Å²) >= 11 is 2.21. The SMILES string of the molecule is CCC1C(=O)C(C)(C)C(=O)OC1c1ccccc1I. The Morgan fingerprint density at radius 2 is 1.89 bits per heavy atom. The monoisotopic (exact) mass is 372 g/mol. The van der Waals surface area contributed by atoms with Gasteiger partial charge in [-0.05, 0) is 48.9 Å². The molecule has 4 heteroatoms. The Morgan fingerprint density at radius 3 is 2.47 bits per heavy atom. The van der Waals surface area contributed by atoms with Crippen LogP contribution in [0, 0.1) is 14.9 Å². The van der Waals surface area contributed by atoms with Gasteiger partial charge >= 0.3 is 5.97 Å². The maximum Gasteiger partial charge on any atom is 0.319 e. The van der Waals surface area contributed by atoms with E-state index in [1.807, 2.05) is 31.2 Å². The lowest BCUT2D eigenvalue weighted by atomic mass is 9.74. The molecule has 0 N–H and O–H groups in total. The molecule has 1 aliphatic rings. The summed E-state index contributed by atoms with van der Waals surface area (Å²) in [5, 5.41) is 0. The molecule has 1 aromatic rings. The Bertz CT molecular complexity index is 522. The quantitative estimate of drug-likeness (QED) is 0.453. The van der Waals surface area contributed by atoms with Gasteiger partial charge < -0.3 is 4.74 Å². The number of carbonyl (C=O) groups excluding carboxylic acids is 2. The number of halogens is 1. The van der Waals surface area contributed by atoms with Crippen molar-refractivity contribution < 1.29 is 14.3 Å². The van der Waals surface area contributed by atoms with Crippen molar-refractivity contribution in [2.45, 2.75) is 33.3 Å². The minimum Gasteiger partial charge on any atom is -0.456 e. The molecule has 0 radical (unpaired) electrons. The van der Waals surface area contributed by atoms with Crippen molar-refractivity contribution >= 4 is 34.3 Å². The molecule has 0 aromatic heterocycles. The zero-order valence-corrected chi connectivity index (χ0v) is 13.4. The van der Waals surface area contributed by atoms with E-state index in [-0.39, 0.29) is 11.7 Å². The highest BCUT2D eigenvalue weighted by Crippen LogP contribution is 2.42. The second-order valence-corrected chi connectivity index (χ2v) is 6.51. The molecule has 1 fully saturated rings. The van der Waals surface area contributed by atoms with E-state index in [4.69, 9.17) is 4.74 Å². The predicted molar refractivity (Wildman–Crippen MR) is 80.6 cm³/mol. The highest BCUT2D eigenvalue weighted by molar-refractivity contribution is 14.1. The number of hydrogen-bond donors (Lipinski definition) is 0. The maximum absolute atomic E-state index is 12.5. The lowest BCUT2D eigenvalue weighted by molar-refractivity contribution is -0.179. The summed E-state index contributed by atoms with van der Waals surface area (Å²) in [7, 11) is 0. The van der Waals surface area contributed by atoms with Crippen LogP contribution in [0.4, 0.5) is 0 Å². The van der Waals surface area contributed by atoms with Gasteiger partial charge in [0.25, 0.3) is 0 Å². The first-order chi connectivity index (χ1) is 8.89. The Kier molecular flexibility index (Phi) is 3.99.